The molecule has 1 amide bonds. The van der Waals surface area contributed by atoms with Crippen LogP contribution in [0.4, 0.5) is 13.2 Å². The number of carbonyl (C=O) groups is 1. The summed E-state index contributed by atoms with van der Waals surface area (Å²) in [5, 5.41) is 2.66. The van der Waals surface area contributed by atoms with Crippen molar-refractivity contribution in [3.63, 3.8) is 0 Å². The molecular weight excluding hydrogens is 271 g/mol. The molecule has 3 nitrogen and oxygen atoms in total. The van der Waals surface area contributed by atoms with Crippen molar-refractivity contribution in [1.29, 1.82) is 0 Å². The zero-order valence-corrected chi connectivity index (χ0v) is 10.9. The van der Waals surface area contributed by atoms with Gasteiger partial charge in [-0.3, -0.25) is 4.79 Å². The highest BCUT2D eigenvalue weighted by Gasteiger charge is 2.30. The zero-order chi connectivity index (χ0) is 14.6. The standard InChI is InChI=1S/C14H16F3NO2/c15-14(16,17)12-5-1-4-11(7-12)13(19)18-8-10-3-2-6-20-9-10/h1,4-5,7,10H,2-3,6,8-9H2,(H,18,19). The third-order valence-corrected chi connectivity index (χ3v) is 3.26. The first-order valence-corrected chi connectivity index (χ1v) is 6.50. The SMILES string of the molecule is O=C(NCC1CCCOC1)c1cccc(C(F)(F)F)c1. The monoisotopic (exact) mass is 287 g/mol. The van der Waals surface area contributed by atoms with E-state index in [0.717, 1.165) is 31.6 Å². The van der Waals surface area contributed by atoms with Crippen molar-refractivity contribution in [2.45, 2.75) is 19.0 Å². The van der Waals surface area contributed by atoms with Crippen LogP contribution < -0.4 is 5.32 Å². The van der Waals surface area contributed by atoms with Crippen LogP contribution in [0.15, 0.2) is 24.3 Å². The first-order valence-electron chi connectivity index (χ1n) is 6.50. The third-order valence-electron chi connectivity index (χ3n) is 3.26. The van der Waals surface area contributed by atoms with Crippen LogP contribution >= 0.6 is 0 Å². The molecule has 20 heavy (non-hydrogen) atoms. The molecule has 0 bridgehead atoms. The highest BCUT2D eigenvalue weighted by Crippen LogP contribution is 2.29. The lowest BCUT2D eigenvalue weighted by Crippen LogP contribution is -2.33. The van der Waals surface area contributed by atoms with Crippen molar-refractivity contribution in [3.05, 3.63) is 35.4 Å². The van der Waals surface area contributed by atoms with E-state index in [0.29, 0.717) is 13.2 Å². The summed E-state index contributed by atoms with van der Waals surface area (Å²) in [6.45, 7) is 1.75. The minimum atomic E-state index is -4.44. The molecule has 1 atom stereocenters. The number of hydrogen-bond donors (Lipinski definition) is 1. The molecule has 6 heteroatoms. The van der Waals surface area contributed by atoms with Gasteiger partial charge in [0.1, 0.15) is 0 Å². The maximum Gasteiger partial charge on any atom is 0.416 e. The summed E-state index contributed by atoms with van der Waals surface area (Å²) in [7, 11) is 0. The molecular formula is C14H16F3NO2. The van der Waals surface area contributed by atoms with E-state index in [9.17, 15) is 18.0 Å². The maximum absolute atomic E-state index is 12.6. The Hall–Kier alpha value is -1.56. The van der Waals surface area contributed by atoms with Crippen LogP contribution in [0.2, 0.25) is 0 Å². The van der Waals surface area contributed by atoms with E-state index in [-0.39, 0.29) is 11.5 Å². The summed E-state index contributed by atoms with van der Waals surface area (Å²) < 4.78 is 43.0. The average molecular weight is 287 g/mol. The van der Waals surface area contributed by atoms with Crippen molar-refractivity contribution in [3.8, 4) is 0 Å². The van der Waals surface area contributed by atoms with Crippen molar-refractivity contribution in [1.82, 2.24) is 5.32 Å². The van der Waals surface area contributed by atoms with Gasteiger partial charge in [0.15, 0.2) is 0 Å². The zero-order valence-electron chi connectivity index (χ0n) is 10.9. The molecule has 1 aliphatic rings. The van der Waals surface area contributed by atoms with Gasteiger partial charge in [0.2, 0.25) is 0 Å². The van der Waals surface area contributed by atoms with Gasteiger partial charge in [-0.15, -0.1) is 0 Å². The Morgan fingerprint density at radius 1 is 1.40 bits per heavy atom. The number of amides is 1. The number of rotatable bonds is 3. The molecule has 1 unspecified atom stereocenters. The first-order chi connectivity index (χ1) is 9.47. The fraction of sp³-hybridized carbons (Fsp3) is 0.500. The lowest BCUT2D eigenvalue weighted by Gasteiger charge is -2.22. The fourth-order valence-corrected chi connectivity index (χ4v) is 2.14. The normalized spacial score (nSPS) is 19.6. The van der Waals surface area contributed by atoms with E-state index in [1.807, 2.05) is 0 Å². The lowest BCUT2D eigenvalue weighted by molar-refractivity contribution is -0.137. The van der Waals surface area contributed by atoms with Crippen molar-refractivity contribution < 1.29 is 22.7 Å². The topological polar surface area (TPSA) is 38.3 Å². The van der Waals surface area contributed by atoms with Crippen LogP contribution in [0.3, 0.4) is 0 Å². The van der Waals surface area contributed by atoms with Gasteiger partial charge >= 0.3 is 6.18 Å². The second-order valence-corrected chi connectivity index (χ2v) is 4.87. The van der Waals surface area contributed by atoms with E-state index in [4.69, 9.17) is 4.74 Å². The smallest absolute Gasteiger partial charge is 0.381 e. The Morgan fingerprint density at radius 2 is 2.20 bits per heavy atom. The molecule has 1 aromatic rings. The number of nitrogens with one attached hydrogen (secondary N) is 1. The van der Waals surface area contributed by atoms with Crippen LogP contribution in [0.1, 0.15) is 28.8 Å². The van der Waals surface area contributed by atoms with E-state index in [1.165, 1.54) is 12.1 Å². The van der Waals surface area contributed by atoms with Crippen LogP contribution in [0.5, 0.6) is 0 Å². The second kappa shape index (κ2) is 6.26. The summed E-state index contributed by atoms with van der Waals surface area (Å²) in [6.07, 6.45) is -2.53. The Bertz CT molecular complexity index is 468. The molecule has 0 aliphatic carbocycles. The van der Waals surface area contributed by atoms with Crippen molar-refractivity contribution >= 4 is 5.91 Å². The molecule has 0 aromatic heterocycles. The highest BCUT2D eigenvalue weighted by atomic mass is 19.4. The van der Waals surface area contributed by atoms with E-state index in [2.05, 4.69) is 5.32 Å². The molecule has 1 heterocycles. The quantitative estimate of drug-likeness (QED) is 0.928. The molecule has 0 saturated carbocycles. The van der Waals surface area contributed by atoms with Crippen LogP contribution in [-0.2, 0) is 10.9 Å². The minimum absolute atomic E-state index is 0.0246. The maximum atomic E-state index is 12.6. The predicted octanol–water partition coefficient (Wildman–Crippen LogP) is 2.86. The molecule has 1 saturated heterocycles. The average Bonchev–Trinajstić information content (AvgIpc) is 2.45. The van der Waals surface area contributed by atoms with Gasteiger partial charge in [0.25, 0.3) is 5.91 Å². The molecule has 1 aromatic carbocycles. The molecule has 1 fully saturated rings. The number of benzene rings is 1. The number of ether oxygens (including phenoxy) is 1. The number of halogens is 3. The van der Waals surface area contributed by atoms with Gasteiger partial charge in [0.05, 0.1) is 12.2 Å². The van der Waals surface area contributed by atoms with Crippen LogP contribution in [0.25, 0.3) is 0 Å². The highest BCUT2D eigenvalue weighted by molar-refractivity contribution is 5.94. The Kier molecular flexibility index (Phi) is 4.65. The van der Waals surface area contributed by atoms with E-state index in [1.54, 1.807) is 0 Å². The van der Waals surface area contributed by atoms with Crippen molar-refractivity contribution in [2.75, 3.05) is 19.8 Å². The summed E-state index contributed by atoms with van der Waals surface area (Å²) >= 11 is 0. The summed E-state index contributed by atoms with van der Waals surface area (Å²) in [6, 6.07) is 4.43. The number of alkyl halides is 3. The predicted molar refractivity (Wildman–Crippen MR) is 67.3 cm³/mol. The summed E-state index contributed by atoms with van der Waals surface area (Å²) in [5.74, 6) is -0.250. The van der Waals surface area contributed by atoms with Gasteiger partial charge < -0.3 is 10.1 Å². The molecule has 2 rings (SSSR count). The Morgan fingerprint density at radius 3 is 2.85 bits per heavy atom. The number of hydrogen-bond acceptors (Lipinski definition) is 2. The lowest BCUT2D eigenvalue weighted by atomic mass is 10.0. The minimum Gasteiger partial charge on any atom is -0.381 e. The van der Waals surface area contributed by atoms with Crippen LogP contribution in [-0.4, -0.2) is 25.7 Å². The molecule has 0 spiro atoms. The summed E-state index contributed by atoms with van der Waals surface area (Å²) in [4.78, 5) is 11.8. The van der Waals surface area contributed by atoms with Crippen LogP contribution in [0, 0.1) is 5.92 Å². The van der Waals surface area contributed by atoms with Gasteiger partial charge in [-0.05, 0) is 37.0 Å². The Labute approximate surface area is 115 Å². The van der Waals surface area contributed by atoms with Gasteiger partial charge in [0, 0.05) is 18.7 Å². The third kappa shape index (κ3) is 3.96. The van der Waals surface area contributed by atoms with Crippen molar-refractivity contribution in [2.24, 2.45) is 5.92 Å². The molecule has 1 N–H and O–H groups in total. The number of carbonyl (C=O) groups excluding carboxylic acids is 1. The first kappa shape index (κ1) is 14.8. The van der Waals surface area contributed by atoms with Gasteiger partial charge in [-0.1, -0.05) is 6.07 Å². The second-order valence-electron chi connectivity index (χ2n) is 4.87. The van der Waals surface area contributed by atoms with E-state index < -0.39 is 17.6 Å². The van der Waals surface area contributed by atoms with Gasteiger partial charge in [-0.25, -0.2) is 0 Å². The van der Waals surface area contributed by atoms with Gasteiger partial charge in [-0.2, -0.15) is 13.2 Å². The Balaban J connectivity index is 1.95. The summed E-state index contributed by atoms with van der Waals surface area (Å²) in [5.41, 5.74) is -0.789. The fourth-order valence-electron chi connectivity index (χ4n) is 2.14. The molecule has 1 aliphatic heterocycles. The van der Waals surface area contributed by atoms with E-state index >= 15 is 0 Å². The molecule has 0 radical (unpaired) electrons. The largest absolute Gasteiger partial charge is 0.416 e. The molecule has 110 valence electrons.